The Morgan fingerprint density at radius 1 is 1.22 bits per heavy atom. The fourth-order valence-electron chi connectivity index (χ4n) is 2.24. The zero-order valence-corrected chi connectivity index (χ0v) is 13.4. The van der Waals surface area contributed by atoms with Gasteiger partial charge in [0.1, 0.15) is 0 Å². The fraction of sp³-hybridized carbons (Fsp3) is 0.267. The number of para-hydroxylation sites is 1. The molecule has 124 valence electrons. The van der Waals surface area contributed by atoms with Crippen molar-refractivity contribution in [2.75, 3.05) is 5.32 Å². The molecule has 2 aromatic rings. The number of aromatic amines is 1. The number of halogens is 2. The van der Waals surface area contributed by atoms with Gasteiger partial charge in [0.25, 0.3) is 5.56 Å². The number of pyridine rings is 1. The number of alkyl halides is 2. The van der Waals surface area contributed by atoms with E-state index in [-0.39, 0.29) is 17.8 Å². The SMILES string of the molecule is Cc1cc(C)c(CNc2ccccc2S(=O)(=O)C(F)F)c(=O)[nH]1. The molecule has 0 atom stereocenters. The number of hydrogen-bond donors (Lipinski definition) is 2. The monoisotopic (exact) mass is 342 g/mol. The summed E-state index contributed by atoms with van der Waals surface area (Å²) < 4.78 is 48.9. The first-order valence-corrected chi connectivity index (χ1v) is 8.32. The molecule has 0 bridgehead atoms. The van der Waals surface area contributed by atoms with Crippen molar-refractivity contribution < 1.29 is 17.2 Å². The van der Waals surface area contributed by atoms with Crippen molar-refractivity contribution >= 4 is 15.5 Å². The number of nitrogens with one attached hydrogen (secondary N) is 2. The number of H-pyrrole nitrogens is 1. The topological polar surface area (TPSA) is 79.0 Å². The van der Waals surface area contributed by atoms with E-state index in [9.17, 15) is 22.0 Å². The van der Waals surface area contributed by atoms with E-state index in [1.165, 1.54) is 18.2 Å². The van der Waals surface area contributed by atoms with Gasteiger partial charge in [0, 0.05) is 17.8 Å². The highest BCUT2D eigenvalue weighted by Gasteiger charge is 2.28. The Morgan fingerprint density at radius 2 is 1.87 bits per heavy atom. The number of sulfone groups is 1. The van der Waals surface area contributed by atoms with Gasteiger partial charge in [0.15, 0.2) is 0 Å². The summed E-state index contributed by atoms with van der Waals surface area (Å²) in [4.78, 5) is 14.1. The lowest BCUT2D eigenvalue weighted by Gasteiger charge is -2.13. The highest BCUT2D eigenvalue weighted by molar-refractivity contribution is 7.91. The van der Waals surface area contributed by atoms with Crippen LogP contribution in [0.1, 0.15) is 16.8 Å². The van der Waals surface area contributed by atoms with Crippen LogP contribution in [0.5, 0.6) is 0 Å². The number of aromatic nitrogens is 1. The molecule has 0 aliphatic heterocycles. The number of benzene rings is 1. The van der Waals surface area contributed by atoms with Gasteiger partial charge in [-0.05, 0) is 37.6 Å². The summed E-state index contributed by atoms with van der Waals surface area (Å²) in [6, 6.07) is 7.16. The Labute approximate surface area is 132 Å². The average molecular weight is 342 g/mol. The summed E-state index contributed by atoms with van der Waals surface area (Å²) in [5.74, 6) is -3.50. The molecular formula is C15H16F2N2O3S. The van der Waals surface area contributed by atoms with Gasteiger partial charge in [-0.1, -0.05) is 12.1 Å². The quantitative estimate of drug-likeness (QED) is 0.875. The van der Waals surface area contributed by atoms with Gasteiger partial charge in [0.2, 0.25) is 9.84 Å². The minimum absolute atomic E-state index is 0.0250. The van der Waals surface area contributed by atoms with Gasteiger partial charge >= 0.3 is 5.76 Å². The van der Waals surface area contributed by atoms with E-state index in [1.807, 2.05) is 0 Å². The Hall–Kier alpha value is -2.22. The van der Waals surface area contributed by atoms with Gasteiger partial charge in [-0.25, -0.2) is 8.42 Å². The Bertz CT molecular complexity index is 877. The van der Waals surface area contributed by atoms with Gasteiger partial charge in [-0.15, -0.1) is 0 Å². The lowest BCUT2D eigenvalue weighted by Crippen LogP contribution is -2.20. The average Bonchev–Trinajstić information content (AvgIpc) is 2.46. The van der Waals surface area contributed by atoms with Crippen LogP contribution in [0.2, 0.25) is 0 Å². The van der Waals surface area contributed by atoms with Gasteiger partial charge < -0.3 is 10.3 Å². The maximum Gasteiger partial charge on any atom is 0.341 e. The predicted octanol–water partition coefficient (Wildman–Crippen LogP) is 2.60. The molecule has 23 heavy (non-hydrogen) atoms. The molecule has 1 aromatic heterocycles. The third-order valence-electron chi connectivity index (χ3n) is 3.38. The van der Waals surface area contributed by atoms with Crippen LogP contribution >= 0.6 is 0 Å². The third kappa shape index (κ3) is 3.58. The van der Waals surface area contributed by atoms with Gasteiger partial charge in [-0.2, -0.15) is 8.78 Å². The molecule has 5 nitrogen and oxygen atoms in total. The van der Waals surface area contributed by atoms with Crippen LogP contribution in [0.4, 0.5) is 14.5 Å². The molecule has 0 spiro atoms. The molecule has 0 aliphatic carbocycles. The zero-order chi connectivity index (χ0) is 17.2. The molecular weight excluding hydrogens is 326 g/mol. The molecule has 0 amide bonds. The molecule has 0 saturated carbocycles. The van der Waals surface area contributed by atoms with E-state index in [1.54, 1.807) is 19.9 Å². The van der Waals surface area contributed by atoms with Crippen molar-refractivity contribution in [3.05, 3.63) is 57.5 Å². The molecule has 0 aliphatic rings. The van der Waals surface area contributed by atoms with Crippen LogP contribution in [-0.2, 0) is 16.4 Å². The van der Waals surface area contributed by atoms with Crippen molar-refractivity contribution in [3.8, 4) is 0 Å². The van der Waals surface area contributed by atoms with E-state index >= 15 is 0 Å². The second-order valence-electron chi connectivity index (χ2n) is 5.10. The van der Waals surface area contributed by atoms with E-state index < -0.39 is 20.5 Å². The van der Waals surface area contributed by atoms with E-state index in [2.05, 4.69) is 10.3 Å². The lowest BCUT2D eigenvalue weighted by atomic mass is 10.1. The number of anilines is 1. The maximum absolute atomic E-state index is 12.7. The first-order chi connectivity index (χ1) is 10.7. The summed E-state index contributed by atoms with van der Waals surface area (Å²) in [5.41, 5.74) is 1.58. The highest BCUT2D eigenvalue weighted by atomic mass is 32.2. The first-order valence-electron chi connectivity index (χ1n) is 6.78. The Balaban J connectivity index is 2.35. The summed E-state index contributed by atoms with van der Waals surface area (Å²) in [6.07, 6.45) is 0. The van der Waals surface area contributed by atoms with Crippen LogP contribution in [0, 0.1) is 13.8 Å². The second kappa shape index (κ2) is 6.49. The predicted molar refractivity (Wildman–Crippen MR) is 83.5 cm³/mol. The van der Waals surface area contributed by atoms with Crippen LogP contribution in [-0.4, -0.2) is 19.2 Å². The van der Waals surface area contributed by atoms with Crippen LogP contribution in [0.3, 0.4) is 0 Å². The van der Waals surface area contributed by atoms with Crippen molar-refractivity contribution in [2.24, 2.45) is 0 Å². The second-order valence-corrected chi connectivity index (χ2v) is 6.98. The Kier molecular flexibility index (Phi) is 4.84. The van der Waals surface area contributed by atoms with Crippen molar-refractivity contribution in [1.29, 1.82) is 0 Å². The van der Waals surface area contributed by atoms with Crippen molar-refractivity contribution in [1.82, 2.24) is 4.98 Å². The third-order valence-corrected chi connectivity index (χ3v) is 4.82. The number of rotatable bonds is 5. The standard InChI is InChI=1S/C15H16F2N2O3S/c1-9-7-10(2)19-14(20)11(9)8-18-12-5-3-4-6-13(12)23(21,22)15(16)17/h3-7,15,18H,8H2,1-2H3,(H,19,20). The number of aryl methyl sites for hydroxylation is 2. The summed E-state index contributed by atoms with van der Waals surface area (Å²) in [7, 11) is -4.72. The zero-order valence-electron chi connectivity index (χ0n) is 12.6. The fourth-order valence-corrected chi connectivity index (χ4v) is 3.15. The van der Waals surface area contributed by atoms with Crippen molar-refractivity contribution in [3.63, 3.8) is 0 Å². The number of hydrogen-bond acceptors (Lipinski definition) is 4. The summed E-state index contributed by atoms with van der Waals surface area (Å²) in [5, 5.41) is 2.76. The highest BCUT2D eigenvalue weighted by Crippen LogP contribution is 2.26. The molecule has 2 N–H and O–H groups in total. The molecule has 1 aromatic carbocycles. The summed E-state index contributed by atoms with van der Waals surface area (Å²) >= 11 is 0. The minimum Gasteiger partial charge on any atom is -0.380 e. The maximum atomic E-state index is 12.7. The molecule has 2 rings (SSSR count). The van der Waals surface area contributed by atoms with Crippen LogP contribution in [0.15, 0.2) is 40.0 Å². The van der Waals surface area contributed by atoms with E-state index in [4.69, 9.17) is 0 Å². The molecule has 1 heterocycles. The Morgan fingerprint density at radius 3 is 2.48 bits per heavy atom. The van der Waals surface area contributed by atoms with Crippen molar-refractivity contribution in [2.45, 2.75) is 31.0 Å². The van der Waals surface area contributed by atoms with E-state index in [0.29, 0.717) is 11.3 Å². The van der Waals surface area contributed by atoms with Crippen LogP contribution < -0.4 is 10.9 Å². The largest absolute Gasteiger partial charge is 0.380 e. The normalized spacial score (nSPS) is 11.7. The molecule has 0 unspecified atom stereocenters. The molecule has 0 radical (unpaired) electrons. The molecule has 0 saturated heterocycles. The van der Waals surface area contributed by atoms with Crippen LogP contribution in [0.25, 0.3) is 0 Å². The van der Waals surface area contributed by atoms with Gasteiger partial charge in [0.05, 0.1) is 10.6 Å². The first kappa shape index (κ1) is 17.1. The molecule has 0 fully saturated rings. The summed E-state index contributed by atoms with van der Waals surface area (Å²) in [6.45, 7) is 3.52. The molecule has 8 heteroatoms. The van der Waals surface area contributed by atoms with E-state index in [0.717, 1.165) is 11.6 Å². The van der Waals surface area contributed by atoms with Gasteiger partial charge in [-0.3, -0.25) is 4.79 Å². The minimum atomic E-state index is -4.72. The lowest BCUT2D eigenvalue weighted by molar-refractivity contribution is 0.235. The smallest absolute Gasteiger partial charge is 0.341 e.